The SMILES string of the molecule is CS(=O)(=O)n1ccc(C(=O)N[C@@H](COCCCC(=O)NCCCCCNc2ccc3c(c2)C(=O)N(C2CCC(=O)NC2=O)C3=O)C(=O)Nc2nc(-c3ccccc3)cs2)c1. The van der Waals surface area contributed by atoms with Gasteiger partial charge in [-0.15, -0.1) is 11.3 Å². The molecular formula is C40H44N8O10S2. The molecule has 1 saturated heterocycles. The summed E-state index contributed by atoms with van der Waals surface area (Å²) in [6.07, 6.45) is 6.31. The second kappa shape index (κ2) is 19.7. The number of hydrogen-bond acceptors (Lipinski definition) is 13. The number of piperidine rings is 1. The molecule has 2 aliphatic rings. The van der Waals surface area contributed by atoms with Gasteiger partial charge in [-0.3, -0.25) is 47.8 Å². The number of imide groups is 2. The van der Waals surface area contributed by atoms with Crippen molar-refractivity contribution in [2.45, 2.75) is 57.0 Å². The summed E-state index contributed by atoms with van der Waals surface area (Å²) in [5.74, 6) is -3.67. The molecule has 7 amide bonds. The van der Waals surface area contributed by atoms with Crippen molar-refractivity contribution >= 4 is 73.5 Å². The number of unbranched alkanes of at least 4 members (excludes halogenated alkanes) is 2. The van der Waals surface area contributed by atoms with Crippen LogP contribution in [-0.2, 0) is 33.9 Å². The Hall–Kier alpha value is -6.25. The molecule has 316 valence electrons. The fraction of sp³-hybridized carbons (Fsp3) is 0.350. The number of thiazole rings is 1. The fourth-order valence-electron chi connectivity index (χ4n) is 6.50. The lowest BCUT2D eigenvalue weighted by Crippen LogP contribution is -2.54. The van der Waals surface area contributed by atoms with Gasteiger partial charge >= 0.3 is 0 Å². The molecule has 0 aliphatic carbocycles. The Morgan fingerprint density at radius 2 is 1.73 bits per heavy atom. The number of amides is 7. The Morgan fingerprint density at radius 3 is 2.48 bits per heavy atom. The first-order chi connectivity index (χ1) is 28.8. The van der Waals surface area contributed by atoms with Gasteiger partial charge in [0.25, 0.3) is 23.6 Å². The Labute approximate surface area is 349 Å². The molecule has 0 saturated carbocycles. The Balaban J connectivity index is 0.887. The number of fused-ring (bicyclic) bond motifs is 1. The van der Waals surface area contributed by atoms with Gasteiger partial charge in [-0.1, -0.05) is 30.3 Å². The molecule has 2 aromatic heterocycles. The molecule has 60 heavy (non-hydrogen) atoms. The average Bonchev–Trinajstić information content (AvgIpc) is 3.97. The largest absolute Gasteiger partial charge is 0.385 e. The molecule has 2 aliphatic heterocycles. The van der Waals surface area contributed by atoms with E-state index in [4.69, 9.17) is 4.74 Å². The third kappa shape index (κ3) is 11.1. The Morgan fingerprint density at radius 1 is 0.967 bits per heavy atom. The first kappa shape index (κ1) is 43.3. The van der Waals surface area contributed by atoms with Crippen molar-refractivity contribution in [2.75, 3.05) is 43.2 Å². The van der Waals surface area contributed by atoms with Gasteiger partial charge in [-0.05, 0) is 56.4 Å². The van der Waals surface area contributed by atoms with Crippen molar-refractivity contribution in [3.63, 3.8) is 0 Å². The summed E-state index contributed by atoms with van der Waals surface area (Å²) < 4.78 is 30.4. The quantitative estimate of drug-likeness (QED) is 0.0637. The molecule has 18 nitrogen and oxygen atoms in total. The number of hydrogen-bond donors (Lipinski definition) is 5. The second-order valence-corrected chi connectivity index (χ2v) is 16.9. The van der Waals surface area contributed by atoms with Crippen LogP contribution in [0.1, 0.15) is 76.0 Å². The number of anilines is 2. The second-order valence-electron chi connectivity index (χ2n) is 14.1. The maximum atomic E-state index is 13.3. The first-order valence-electron chi connectivity index (χ1n) is 19.2. The maximum Gasteiger partial charge on any atom is 0.262 e. The summed E-state index contributed by atoms with van der Waals surface area (Å²) in [4.78, 5) is 94.0. The molecule has 4 aromatic rings. The number of nitrogens with zero attached hydrogens (tertiary/aromatic N) is 3. The highest BCUT2D eigenvalue weighted by atomic mass is 32.2. The fourth-order valence-corrected chi connectivity index (χ4v) is 7.81. The summed E-state index contributed by atoms with van der Waals surface area (Å²) in [7, 11) is -3.62. The molecule has 5 N–H and O–H groups in total. The lowest BCUT2D eigenvalue weighted by molar-refractivity contribution is -0.136. The monoisotopic (exact) mass is 860 g/mol. The molecule has 0 radical (unpaired) electrons. The van der Waals surface area contributed by atoms with E-state index >= 15 is 0 Å². The minimum atomic E-state index is -3.62. The van der Waals surface area contributed by atoms with Crippen molar-refractivity contribution in [3.8, 4) is 11.3 Å². The van der Waals surface area contributed by atoms with E-state index in [0.717, 1.165) is 46.2 Å². The highest BCUT2D eigenvalue weighted by Crippen LogP contribution is 2.30. The van der Waals surface area contributed by atoms with E-state index in [1.807, 2.05) is 30.3 Å². The van der Waals surface area contributed by atoms with Gasteiger partial charge in [0, 0.05) is 61.6 Å². The van der Waals surface area contributed by atoms with E-state index in [1.54, 1.807) is 23.6 Å². The van der Waals surface area contributed by atoms with E-state index < -0.39 is 57.6 Å². The first-order valence-corrected chi connectivity index (χ1v) is 22.0. The topological polar surface area (TPSA) is 244 Å². The summed E-state index contributed by atoms with van der Waals surface area (Å²) in [5, 5.41) is 15.7. The number of ether oxygens (including phenoxy) is 1. The number of nitrogens with one attached hydrogen (secondary N) is 5. The molecule has 1 unspecified atom stereocenters. The average molecular weight is 861 g/mol. The van der Waals surface area contributed by atoms with E-state index in [0.29, 0.717) is 36.0 Å². The Kier molecular flexibility index (Phi) is 14.2. The van der Waals surface area contributed by atoms with Crippen LogP contribution in [0.3, 0.4) is 0 Å². The van der Waals surface area contributed by atoms with Crippen LogP contribution in [-0.4, -0.2) is 108 Å². The van der Waals surface area contributed by atoms with Gasteiger partial charge in [0.1, 0.15) is 12.1 Å². The van der Waals surface area contributed by atoms with Gasteiger partial charge in [-0.25, -0.2) is 13.4 Å². The standard InChI is InChI=1S/C40H44N8O10S2/c1-60(56,57)47-19-16-26(22-47)35(51)43-30(36(52)46-40-44-31(24-59-40)25-9-4-2-5-10-25)23-58-20-8-11-33(49)42-18-7-3-6-17-41-27-12-13-28-29(21-27)39(55)48(38(28)54)32-14-15-34(50)45-37(32)53/h2,4-5,9-10,12-13,16,19,21-22,24,30,32,41H,3,6-8,11,14-15,17-18,20,23H2,1H3,(H,42,49)(H,43,51)(H,44,46,52)(H,45,50,53)/t30-,32?/m0/s1. The van der Waals surface area contributed by atoms with E-state index in [9.17, 15) is 42.0 Å². The lowest BCUT2D eigenvalue weighted by Gasteiger charge is -2.27. The van der Waals surface area contributed by atoms with Crippen molar-refractivity contribution in [1.29, 1.82) is 0 Å². The molecular weight excluding hydrogens is 817 g/mol. The summed E-state index contributed by atoms with van der Waals surface area (Å²) in [6.45, 7) is 0.936. The third-order valence-electron chi connectivity index (χ3n) is 9.66. The smallest absolute Gasteiger partial charge is 0.262 e. The summed E-state index contributed by atoms with van der Waals surface area (Å²) in [6, 6.07) is 13.4. The zero-order valence-electron chi connectivity index (χ0n) is 32.6. The van der Waals surface area contributed by atoms with Crippen molar-refractivity contribution in [1.82, 2.24) is 29.8 Å². The van der Waals surface area contributed by atoms with Crippen LogP contribution in [0.5, 0.6) is 0 Å². The Bertz CT molecular complexity index is 2380. The normalized spacial score (nSPS) is 15.6. The minimum Gasteiger partial charge on any atom is -0.385 e. The van der Waals surface area contributed by atoms with E-state index in [2.05, 4.69) is 31.6 Å². The van der Waals surface area contributed by atoms with Crippen molar-refractivity contribution in [2.24, 2.45) is 0 Å². The zero-order chi connectivity index (χ0) is 42.8. The molecule has 2 atom stereocenters. The van der Waals surface area contributed by atoms with Crippen LogP contribution < -0.4 is 26.6 Å². The van der Waals surface area contributed by atoms with Gasteiger partial charge in [-0.2, -0.15) is 0 Å². The van der Waals surface area contributed by atoms with Crippen LogP contribution in [0, 0.1) is 0 Å². The predicted molar refractivity (Wildman–Crippen MR) is 221 cm³/mol. The molecule has 6 rings (SSSR count). The highest BCUT2D eigenvalue weighted by Gasteiger charge is 2.44. The molecule has 4 heterocycles. The molecule has 0 spiro atoms. The number of carbonyl (C=O) groups is 7. The number of carbonyl (C=O) groups excluding carboxylic acids is 7. The minimum absolute atomic E-state index is 0.0314. The van der Waals surface area contributed by atoms with Gasteiger partial charge < -0.3 is 26.0 Å². The molecule has 0 bridgehead atoms. The number of benzene rings is 2. The van der Waals surface area contributed by atoms with Gasteiger partial charge in [0.15, 0.2) is 5.13 Å². The van der Waals surface area contributed by atoms with Crippen LogP contribution in [0.15, 0.2) is 72.4 Å². The summed E-state index contributed by atoms with van der Waals surface area (Å²) >= 11 is 1.21. The molecule has 1 fully saturated rings. The van der Waals surface area contributed by atoms with Crippen LogP contribution in [0.2, 0.25) is 0 Å². The van der Waals surface area contributed by atoms with E-state index in [1.165, 1.54) is 23.6 Å². The van der Waals surface area contributed by atoms with Crippen LogP contribution in [0.4, 0.5) is 10.8 Å². The summed E-state index contributed by atoms with van der Waals surface area (Å²) in [5.41, 5.74) is 2.62. The lowest BCUT2D eigenvalue weighted by atomic mass is 10.0. The number of aromatic nitrogens is 2. The third-order valence-corrected chi connectivity index (χ3v) is 11.4. The molecule has 2 aromatic carbocycles. The van der Waals surface area contributed by atoms with E-state index in [-0.39, 0.29) is 55.1 Å². The zero-order valence-corrected chi connectivity index (χ0v) is 34.2. The maximum absolute atomic E-state index is 13.3. The predicted octanol–water partition coefficient (Wildman–Crippen LogP) is 2.75. The number of rotatable bonds is 20. The van der Waals surface area contributed by atoms with Crippen LogP contribution in [0.25, 0.3) is 11.3 Å². The highest BCUT2D eigenvalue weighted by molar-refractivity contribution is 7.89. The van der Waals surface area contributed by atoms with Gasteiger partial charge in [0.05, 0.1) is 35.2 Å². The van der Waals surface area contributed by atoms with Crippen LogP contribution >= 0.6 is 11.3 Å². The van der Waals surface area contributed by atoms with Gasteiger partial charge in [0.2, 0.25) is 27.7 Å². The molecule has 20 heteroatoms. The van der Waals surface area contributed by atoms with Crippen molar-refractivity contribution in [3.05, 3.63) is 89.1 Å². The van der Waals surface area contributed by atoms with Crippen molar-refractivity contribution < 1.29 is 46.7 Å².